The van der Waals surface area contributed by atoms with Gasteiger partial charge in [-0.2, -0.15) is 18.4 Å². The highest BCUT2D eigenvalue weighted by atomic mass is 19.4. The smallest absolute Gasteiger partial charge is 0.416 e. The quantitative estimate of drug-likeness (QED) is 0.734. The number of nitrogens with zero attached hydrogens (tertiary/aromatic N) is 1. The standard InChI is InChI=1S/C19H17F3N2O2/c20-19(21,22)15-6-3-5-14(11-15)12-18(25)24-16-7-4-8-17(13-16)26-10-2-1-9-23/h3-8,11,13H,1-2,10,12H2,(H,24,25). The van der Waals surface area contributed by atoms with E-state index in [1.807, 2.05) is 6.07 Å². The van der Waals surface area contributed by atoms with Crippen LogP contribution in [-0.4, -0.2) is 12.5 Å². The molecule has 0 aromatic heterocycles. The minimum atomic E-state index is -4.44. The molecule has 0 heterocycles. The molecule has 0 radical (unpaired) electrons. The van der Waals surface area contributed by atoms with E-state index in [1.165, 1.54) is 12.1 Å². The number of benzene rings is 2. The second kappa shape index (κ2) is 8.90. The molecule has 26 heavy (non-hydrogen) atoms. The summed E-state index contributed by atoms with van der Waals surface area (Å²) in [5.41, 5.74) is -0.0171. The number of alkyl halides is 3. The number of nitriles is 1. The van der Waals surface area contributed by atoms with Crippen LogP contribution in [0.3, 0.4) is 0 Å². The highest BCUT2D eigenvalue weighted by Crippen LogP contribution is 2.29. The Balaban J connectivity index is 1.95. The monoisotopic (exact) mass is 362 g/mol. The molecule has 7 heteroatoms. The lowest BCUT2D eigenvalue weighted by molar-refractivity contribution is -0.137. The number of carbonyl (C=O) groups excluding carboxylic acids is 1. The summed E-state index contributed by atoms with van der Waals surface area (Å²) in [5.74, 6) is 0.116. The van der Waals surface area contributed by atoms with Crippen molar-refractivity contribution in [3.8, 4) is 11.8 Å². The summed E-state index contributed by atoms with van der Waals surface area (Å²) in [6.07, 6.45) is -3.61. The number of ether oxygens (including phenoxy) is 1. The summed E-state index contributed by atoms with van der Waals surface area (Å²) in [6.45, 7) is 0.384. The van der Waals surface area contributed by atoms with E-state index in [9.17, 15) is 18.0 Å². The van der Waals surface area contributed by atoms with Gasteiger partial charge >= 0.3 is 6.18 Å². The third-order valence-corrected chi connectivity index (χ3v) is 3.44. The Hall–Kier alpha value is -3.01. The number of anilines is 1. The molecule has 0 atom stereocenters. The molecule has 0 spiro atoms. The fraction of sp³-hybridized carbons (Fsp3) is 0.263. The maximum absolute atomic E-state index is 12.7. The third-order valence-electron chi connectivity index (χ3n) is 3.44. The summed E-state index contributed by atoms with van der Waals surface area (Å²) in [5, 5.41) is 11.1. The Kier molecular flexibility index (Phi) is 6.61. The lowest BCUT2D eigenvalue weighted by atomic mass is 10.1. The Morgan fingerprint density at radius 2 is 1.92 bits per heavy atom. The largest absolute Gasteiger partial charge is 0.493 e. The van der Waals surface area contributed by atoms with Gasteiger partial charge in [-0.1, -0.05) is 24.3 Å². The van der Waals surface area contributed by atoms with E-state index >= 15 is 0 Å². The van der Waals surface area contributed by atoms with Gasteiger partial charge in [0.15, 0.2) is 0 Å². The van der Waals surface area contributed by atoms with Gasteiger partial charge < -0.3 is 10.1 Å². The molecular weight excluding hydrogens is 345 g/mol. The summed E-state index contributed by atoms with van der Waals surface area (Å²) < 4.78 is 43.6. The van der Waals surface area contributed by atoms with Crippen LogP contribution < -0.4 is 10.1 Å². The van der Waals surface area contributed by atoms with Crippen LogP contribution in [0.4, 0.5) is 18.9 Å². The molecule has 0 unspecified atom stereocenters. The van der Waals surface area contributed by atoms with E-state index in [0.717, 1.165) is 12.1 Å². The minimum absolute atomic E-state index is 0.169. The summed E-state index contributed by atoms with van der Waals surface area (Å²) in [6, 6.07) is 13.4. The Morgan fingerprint density at radius 1 is 1.15 bits per heavy atom. The van der Waals surface area contributed by atoms with Crippen molar-refractivity contribution in [1.82, 2.24) is 0 Å². The van der Waals surface area contributed by atoms with Crippen molar-refractivity contribution in [2.24, 2.45) is 0 Å². The average Bonchev–Trinajstić information content (AvgIpc) is 2.58. The molecule has 0 bridgehead atoms. The lowest BCUT2D eigenvalue weighted by Crippen LogP contribution is -2.15. The van der Waals surface area contributed by atoms with Gasteiger partial charge in [-0.3, -0.25) is 4.79 Å². The topological polar surface area (TPSA) is 62.1 Å². The first-order valence-corrected chi connectivity index (χ1v) is 7.94. The zero-order valence-electron chi connectivity index (χ0n) is 13.8. The number of nitrogens with one attached hydrogen (secondary N) is 1. The summed E-state index contributed by atoms with van der Waals surface area (Å²) >= 11 is 0. The zero-order chi connectivity index (χ0) is 19.0. The molecule has 0 aliphatic rings. The minimum Gasteiger partial charge on any atom is -0.493 e. The highest BCUT2D eigenvalue weighted by molar-refractivity contribution is 5.92. The molecule has 1 amide bonds. The van der Waals surface area contributed by atoms with Crippen LogP contribution in [0.1, 0.15) is 24.0 Å². The molecule has 2 aromatic rings. The highest BCUT2D eigenvalue weighted by Gasteiger charge is 2.30. The van der Waals surface area contributed by atoms with E-state index in [-0.39, 0.29) is 12.0 Å². The van der Waals surface area contributed by atoms with Crippen molar-refractivity contribution in [3.63, 3.8) is 0 Å². The van der Waals surface area contributed by atoms with Crippen LogP contribution in [0.2, 0.25) is 0 Å². The van der Waals surface area contributed by atoms with Gasteiger partial charge in [-0.25, -0.2) is 0 Å². The van der Waals surface area contributed by atoms with Gasteiger partial charge in [0.2, 0.25) is 5.91 Å². The lowest BCUT2D eigenvalue weighted by Gasteiger charge is -2.10. The first-order valence-electron chi connectivity index (χ1n) is 7.94. The molecule has 0 fully saturated rings. The van der Waals surface area contributed by atoms with Crippen LogP contribution >= 0.6 is 0 Å². The first-order chi connectivity index (χ1) is 12.4. The summed E-state index contributed by atoms with van der Waals surface area (Å²) in [4.78, 5) is 12.1. The molecule has 0 aliphatic carbocycles. The van der Waals surface area contributed by atoms with Crippen LogP contribution in [0, 0.1) is 11.3 Å². The third kappa shape index (κ3) is 6.13. The summed E-state index contributed by atoms with van der Waals surface area (Å²) in [7, 11) is 0. The maximum atomic E-state index is 12.7. The molecule has 2 aromatic carbocycles. The van der Waals surface area contributed by atoms with Crippen molar-refractivity contribution in [2.45, 2.75) is 25.4 Å². The Labute approximate surface area is 149 Å². The molecule has 4 nitrogen and oxygen atoms in total. The van der Waals surface area contributed by atoms with Gasteiger partial charge in [-0.05, 0) is 30.2 Å². The molecular formula is C19H17F3N2O2. The van der Waals surface area contributed by atoms with E-state index in [4.69, 9.17) is 10.00 Å². The average molecular weight is 362 g/mol. The number of halogens is 3. The number of amides is 1. The normalized spacial score (nSPS) is 10.8. The maximum Gasteiger partial charge on any atom is 0.416 e. The molecule has 2 rings (SSSR count). The van der Waals surface area contributed by atoms with Crippen molar-refractivity contribution in [3.05, 3.63) is 59.7 Å². The van der Waals surface area contributed by atoms with Gasteiger partial charge in [0.25, 0.3) is 0 Å². The van der Waals surface area contributed by atoms with Crippen molar-refractivity contribution < 1.29 is 22.7 Å². The molecule has 0 saturated heterocycles. The van der Waals surface area contributed by atoms with Crippen LogP contribution in [0.5, 0.6) is 5.75 Å². The second-order valence-electron chi connectivity index (χ2n) is 5.56. The Bertz CT molecular complexity index is 798. The van der Waals surface area contributed by atoms with E-state index in [2.05, 4.69) is 5.32 Å². The van der Waals surface area contributed by atoms with Crippen LogP contribution in [0.15, 0.2) is 48.5 Å². The first kappa shape index (κ1) is 19.3. The van der Waals surface area contributed by atoms with Gasteiger partial charge in [0.1, 0.15) is 5.75 Å². The van der Waals surface area contributed by atoms with Crippen LogP contribution in [-0.2, 0) is 17.4 Å². The van der Waals surface area contributed by atoms with Crippen molar-refractivity contribution in [2.75, 3.05) is 11.9 Å². The predicted molar refractivity (Wildman–Crippen MR) is 90.6 cm³/mol. The molecule has 1 N–H and O–H groups in total. The molecule has 136 valence electrons. The number of hydrogen-bond acceptors (Lipinski definition) is 3. The number of rotatable bonds is 7. The van der Waals surface area contributed by atoms with Gasteiger partial charge in [-0.15, -0.1) is 0 Å². The fourth-order valence-electron chi connectivity index (χ4n) is 2.25. The van der Waals surface area contributed by atoms with Gasteiger partial charge in [0.05, 0.1) is 24.7 Å². The van der Waals surface area contributed by atoms with E-state index in [0.29, 0.717) is 30.9 Å². The second-order valence-corrected chi connectivity index (χ2v) is 5.56. The Morgan fingerprint density at radius 3 is 2.65 bits per heavy atom. The SMILES string of the molecule is N#CCCCOc1cccc(NC(=O)Cc2cccc(C(F)(F)F)c2)c1. The predicted octanol–water partition coefficient (Wildman–Crippen LogP) is 4.57. The number of carbonyl (C=O) groups is 1. The van der Waals surface area contributed by atoms with Crippen molar-refractivity contribution in [1.29, 1.82) is 5.26 Å². The van der Waals surface area contributed by atoms with E-state index < -0.39 is 17.6 Å². The molecule has 0 aliphatic heterocycles. The zero-order valence-corrected chi connectivity index (χ0v) is 13.8. The number of hydrogen-bond donors (Lipinski definition) is 1. The number of unbranched alkanes of at least 4 members (excludes halogenated alkanes) is 1. The van der Waals surface area contributed by atoms with E-state index in [1.54, 1.807) is 24.3 Å². The van der Waals surface area contributed by atoms with Crippen molar-refractivity contribution >= 4 is 11.6 Å². The van der Waals surface area contributed by atoms with Gasteiger partial charge in [0, 0.05) is 18.2 Å². The molecule has 0 saturated carbocycles. The fourth-order valence-corrected chi connectivity index (χ4v) is 2.25. The van der Waals surface area contributed by atoms with Crippen LogP contribution in [0.25, 0.3) is 0 Å².